The van der Waals surface area contributed by atoms with Crippen molar-refractivity contribution in [1.82, 2.24) is 0 Å². The average Bonchev–Trinajstić information content (AvgIpc) is 3.59. The van der Waals surface area contributed by atoms with Gasteiger partial charge in [0.15, 0.2) is 0 Å². The summed E-state index contributed by atoms with van der Waals surface area (Å²) in [6, 6.07) is 37.9. The number of hydrogen-bond acceptors (Lipinski definition) is 1. The van der Waals surface area contributed by atoms with E-state index in [9.17, 15) is 0 Å². The third-order valence-corrected chi connectivity index (χ3v) is 8.76. The van der Waals surface area contributed by atoms with Crippen molar-refractivity contribution >= 4 is 5.57 Å². The van der Waals surface area contributed by atoms with Crippen LogP contribution in [0.5, 0.6) is 5.75 Å². The Bertz CT molecular complexity index is 1850. The maximum Gasteiger partial charge on any atom is 0.127 e. The molecule has 0 bridgehead atoms. The molecule has 0 aromatic heterocycles. The monoisotopic (exact) mass is 530 g/mol. The topological polar surface area (TPSA) is 9.23 Å². The fourth-order valence-corrected chi connectivity index (χ4v) is 6.29. The summed E-state index contributed by atoms with van der Waals surface area (Å²) in [6.07, 6.45) is 7.69. The van der Waals surface area contributed by atoms with E-state index in [2.05, 4.69) is 130 Å². The Morgan fingerprint density at radius 1 is 0.634 bits per heavy atom. The highest BCUT2D eigenvalue weighted by atomic mass is 16.5. The lowest BCUT2D eigenvalue weighted by atomic mass is 9.89. The van der Waals surface area contributed by atoms with Gasteiger partial charge < -0.3 is 4.74 Å². The van der Waals surface area contributed by atoms with Gasteiger partial charge in [-0.25, -0.2) is 0 Å². The van der Waals surface area contributed by atoms with Crippen LogP contribution in [0.1, 0.15) is 46.2 Å². The van der Waals surface area contributed by atoms with Crippen molar-refractivity contribution in [2.75, 3.05) is 6.61 Å². The summed E-state index contributed by atoms with van der Waals surface area (Å²) >= 11 is 0. The van der Waals surface area contributed by atoms with Crippen molar-refractivity contribution in [3.63, 3.8) is 0 Å². The van der Waals surface area contributed by atoms with E-state index in [1.165, 1.54) is 72.3 Å². The lowest BCUT2D eigenvalue weighted by Crippen LogP contribution is -1.94. The van der Waals surface area contributed by atoms with Crippen molar-refractivity contribution in [3.8, 4) is 39.1 Å². The molecular formula is C40H34O. The molecule has 1 nitrogen and oxygen atoms in total. The van der Waals surface area contributed by atoms with Gasteiger partial charge >= 0.3 is 0 Å². The van der Waals surface area contributed by atoms with Crippen LogP contribution in [-0.2, 0) is 6.42 Å². The summed E-state index contributed by atoms with van der Waals surface area (Å²) in [5, 5.41) is 0. The molecule has 2 aliphatic rings. The molecule has 1 heterocycles. The number of allylic oxidation sites excluding steroid dienone is 3. The second kappa shape index (κ2) is 10.4. The van der Waals surface area contributed by atoms with Gasteiger partial charge in [-0.1, -0.05) is 110 Å². The summed E-state index contributed by atoms with van der Waals surface area (Å²) in [7, 11) is 0. The zero-order valence-electron chi connectivity index (χ0n) is 23.9. The van der Waals surface area contributed by atoms with Crippen LogP contribution in [0.25, 0.3) is 39.0 Å². The first kappa shape index (κ1) is 25.4. The Balaban J connectivity index is 1.18. The lowest BCUT2D eigenvalue weighted by Gasteiger charge is -2.16. The van der Waals surface area contributed by atoms with E-state index in [0.717, 1.165) is 12.2 Å². The first-order valence-electron chi connectivity index (χ1n) is 14.6. The van der Waals surface area contributed by atoms with E-state index in [0.29, 0.717) is 12.5 Å². The van der Waals surface area contributed by atoms with Crippen LogP contribution in [0.3, 0.4) is 0 Å². The molecule has 1 unspecified atom stereocenters. The fraction of sp³-hybridized carbons (Fsp3) is 0.150. The van der Waals surface area contributed by atoms with E-state index in [4.69, 9.17) is 4.74 Å². The molecule has 5 aromatic rings. The highest BCUT2D eigenvalue weighted by Crippen LogP contribution is 2.40. The zero-order chi connectivity index (χ0) is 27.9. The molecule has 1 atom stereocenters. The Morgan fingerprint density at radius 2 is 1.29 bits per heavy atom. The number of para-hydroxylation sites is 1. The number of ether oxygens (including phenoxy) is 1. The van der Waals surface area contributed by atoms with Crippen molar-refractivity contribution in [3.05, 3.63) is 155 Å². The van der Waals surface area contributed by atoms with Crippen LogP contribution < -0.4 is 4.74 Å². The van der Waals surface area contributed by atoms with Crippen LogP contribution >= 0.6 is 0 Å². The summed E-state index contributed by atoms with van der Waals surface area (Å²) in [5.41, 5.74) is 17.1. The lowest BCUT2D eigenvalue weighted by molar-refractivity contribution is 0.388. The molecule has 0 spiro atoms. The molecule has 0 amide bonds. The number of fused-ring (bicyclic) bond motifs is 4. The summed E-state index contributed by atoms with van der Waals surface area (Å²) < 4.78 is 5.82. The van der Waals surface area contributed by atoms with Gasteiger partial charge in [-0.3, -0.25) is 0 Å². The fourth-order valence-electron chi connectivity index (χ4n) is 6.29. The molecule has 200 valence electrons. The minimum absolute atomic E-state index is 0.295. The van der Waals surface area contributed by atoms with E-state index >= 15 is 0 Å². The van der Waals surface area contributed by atoms with E-state index < -0.39 is 0 Å². The normalized spacial score (nSPS) is 15.0. The Labute approximate surface area is 243 Å². The molecular weight excluding hydrogens is 496 g/mol. The highest BCUT2D eigenvalue weighted by Gasteiger charge is 2.19. The number of benzene rings is 5. The molecule has 0 fully saturated rings. The molecule has 0 radical (unpaired) electrons. The van der Waals surface area contributed by atoms with Gasteiger partial charge in [0.1, 0.15) is 12.4 Å². The van der Waals surface area contributed by atoms with Crippen LogP contribution in [0.15, 0.2) is 121 Å². The maximum atomic E-state index is 5.82. The Morgan fingerprint density at radius 3 is 2.15 bits per heavy atom. The molecule has 5 aromatic carbocycles. The second-order valence-corrected chi connectivity index (χ2v) is 11.5. The predicted molar refractivity (Wildman–Crippen MR) is 172 cm³/mol. The molecule has 1 aliphatic carbocycles. The zero-order valence-corrected chi connectivity index (χ0v) is 23.9. The quantitative estimate of drug-likeness (QED) is 0.215. The van der Waals surface area contributed by atoms with E-state index in [1.807, 2.05) is 12.1 Å². The van der Waals surface area contributed by atoms with Gasteiger partial charge in [-0.15, -0.1) is 0 Å². The maximum absolute atomic E-state index is 5.82. The van der Waals surface area contributed by atoms with Crippen molar-refractivity contribution in [2.45, 2.75) is 33.1 Å². The van der Waals surface area contributed by atoms with Crippen LogP contribution in [0, 0.1) is 13.8 Å². The van der Waals surface area contributed by atoms with Crippen molar-refractivity contribution in [2.24, 2.45) is 0 Å². The Hall–Kier alpha value is -4.62. The molecule has 0 N–H and O–H groups in total. The smallest absolute Gasteiger partial charge is 0.127 e. The van der Waals surface area contributed by atoms with Crippen molar-refractivity contribution in [1.29, 1.82) is 0 Å². The van der Waals surface area contributed by atoms with Gasteiger partial charge in [-0.2, -0.15) is 0 Å². The molecule has 0 saturated heterocycles. The first-order valence-corrected chi connectivity index (χ1v) is 14.6. The standard InChI is InChI=1S/C40H34O/c1-26(9-8-11-34-25-41-40-14-7-6-13-36(34)40)29-17-15-27(2)37(22-29)38-23-30(18-16-28(38)3)31-19-20-33-21-32-10-4-5-12-35(32)39(33)24-31/h4-20,22-24,26H,21,25H2,1-3H3/b9-8-,34-11+. The average molecular weight is 531 g/mol. The summed E-state index contributed by atoms with van der Waals surface area (Å²) in [5.74, 6) is 1.27. The second-order valence-electron chi connectivity index (χ2n) is 11.5. The molecule has 7 rings (SSSR count). The number of hydrogen-bond donors (Lipinski definition) is 0. The minimum atomic E-state index is 0.295. The third kappa shape index (κ3) is 4.72. The van der Waals surface area contributed by atoms with E-state index in [1.54, 1.807) is 0 Å². The van der Waals surface area contributed by atoms with Gasteiger partial charge in [0.2, 0.25) is 0 Å². The SMILES string of the molecule is Cc1ccc(-c2ccc3c(c2)-c2ccccc2C3)cc1-c1cc(C(C)/C=C\C=C2/COc3ccccc32)ccc1C. The third-order valence-electron chi connectivity index (χ3n) is 8.76. The van der Waals surface area contributed by atoms with E-state index in [-0.39, 0.29) is 0 Å². The molecule has 41 heavy (non-hydrogen) atoms. The minimum Gasteiger partial charge on any atom is -0.488 e. The number of rotatable bonds is 5. The summed E-state index contributed by atoms with van der Waals surface area (Å²) in [6.45, 7) is 7.36. The largest absolute Gasteiger partial charge is 0.488 e. The van der Waals surface area contributed by atoms with Gasteiger partial charge in [0.05, 0.1) is 0 Å². The number of aryl methyl sites for hydroxylation is 2. The Kier molecular flexibility index (Phi) is 6.44. The van der Waals surface area contributed by atoms with Crippen LogP contribution in [-0.4, -0.2) is 6.61 Å². The molecule has 1 heteroatoms. The molecule has 0 saturated carbocycles. The van der Waals surface area contributed by atoms with Crippen LogP contribution in [0.4, 0.5) is 0 Å². The van der Waals surface area contributed by atoms with Gasteiger partial charge in [0, 0.05) is 11.1 Å². The van der Waals surface area contributed by atoms with Crippen molar-refractivity contribution < 1.29 is 4.74 Å². The van der Waals surface area contributed by atoms with Gasteiger partial charge in [-0.05, 0) is 106 Å². The summed E-state index contributed by atoms with van der Waals surface area (Å²) in [4.78, 5) is 0. The van der Waals surface area contributed by atoms with Gasteiger partial charge in [0.25, 0.3) is 0 Å². The predicted octanol–water partition coefficient (Wildman–Crippen LogP) is 10.3. The van der Waals surface area contributed by atoms with Crippen LogP contribution in [0.2, 0.25) is 0 Å². The first-order chi connectivity index (χ1) is 20.0. The highest BCUT2D eigenvalue weighted by molar-refractivity contribution is 5.83. The molecule has 1 aliphatic heterocycles.